The summed E-state index contributed by atoms with van der Waals surface area (Å²) >= 11 is 2.20. The van der Waals surface area contributed by atoms with Crippen LogP contribution >= 0.6 is 22.6 Å². The predicted molar refractivity (Wildman–Crippen MR) is 72.2 cm³/mol. The van der Waals surface area contributed by atoms with Crippen LogP contribution in [0.2, 0.25) is 0 Å². The number of amides is 1. The van der Waals surface area contributed by atoms with Gasteiger partial charge in [-0.05, 0) is 53.5 Å². The summed E-state index contributed by atoms with van der Waals surface area (Å²) in [4.78, 5) is 15.9. The van der Waals surface area contributed by atoms with Crippen molar-refractivity contribution < 1.29 is 4.79 Å². The van der Waals surface area contributed by atoms with Crippen LogP contribution in [0.3, 0.4) is 0 Å². The molecule has 0 atom stereocenters. The van der Waals surface area contributed by atoms with Gasteiger partial charge in [-0.3, -0.25) is 4.79 Å². The Kier molecular flexibility index (Phi) is 4.15. The maximum atomic E-state index is 11.7. The van der Waals surface area contributed by atoms with E-state index in [1.165, 1.54) is 25.7 Å². The second-order valence-corrected chi connectivity index (χ2v) is 5.51. The van der Waals surface area contributed by atoms with E-state index in [0.717, 1.165) is 3.57 Å². The Bertz CT molecular complexity index is 358. The normalized spacial score (nSPS) is 16.3. The van der Waals surface area contributed by atoms with Gasteiger partial charge in [-0.2, -0.15) is 0 Å². The Morgan fingerprint density at radius 3 is 2.81 bits per heavy atom. The van der Waals surface area contributed by atoms with Gasteiger partial charge in [0.15, 0.2) is 0 Å². The molecule has 1 aromatic heterocycles. The quantitative estimate of drug-likeness (QED) is 0.865. The topological polar surface area (TPSA) is 42.0 Å². The molecule has 0 aliphatic heterocycles. The second kappa shape index (κ2) is 5.61. The summed E-state index contributed by atoms with van der Waals surface area (Å²) in [5.74, 6) is 1.34. The number of aromatic nitrogens is 1. The standard InChI is InChI=1S/C12H15IN2O/c13-10-5-6-11(14-8-10)15-12(16)7-9-3-1-2-4-9/h5-6,8-9H,1-4,7H2,(H,14,15,16). The molecule has 2 rings (SSSR count). The van der Waals surface area contributed by atoms with Crippen molar-refractivity contribution in [2.75, 3.05) is 5.32 Å². The minimum absolute atomic E-state index is 0.0978. The van der Waals surface area contributed by atoms with Crippen molar-refractivity contribution in [3.05, 3.63) is 21.9 Å². The zero-order valence-corrected chi connectivity index (χ0v) is 11.2. The van der Waals surface area contributed by atoms with E-state index in [2.05, 4.69) is 32.9 Å². The van der Waals surface area contributed by atoms with Gasteiger partial charge in [0.25, 0.3) is 0 Å². The van der Waals surface area contributed by atoms with Gasteiger partial charge in [-0.15, -0.1) is 0 Å². The second-order valence-electron chi connectivity index (χ2n) is 4.26. The fraction of sp³-hybridized carbons (Fsp3) is 0.500. The monoisotopic (exact) mass is 330 g/mol. The fourth-order valence-electron chi connectivity index (χ4n) is 2.12. The van der Waals surface area contributed by atoms with Crippen LogP contribution in [0.5, 0.6) is 0 Å². The van der Waals surface area contributed by atoms with Crippen LogP contribution in [-0.2, 0) is 4.79 Å². The molecule has 0 radical (unpaired) electrons. The molecule has 1 fully saturated rings. The minimum atomic E-state index is 0.0978. The van der Waals surface area contributed by atoms with E-state index < -0.39 is 0 Å². The first kappa shape index (κ1) is 11.8. The van der Waals surface area contributed by atoms with Crippen molar-refractivity contribution >= 4 is 34.3 Å². The molecule has 0 bridgehead atoms. The zero-order valence-electron chi connectivity index (χ0n) is 9.08. The van der Waals surface area contributed by atoms with E-state index in [9.17, 15) is 4.79 Å². The van der Waals surface area contributed by atoms with Crippen LogP contribution in [0.4, 0.5) is 5.82 Å². The lowest BCUT2D eigenvalue weighted by atomic mass is 10.0. The van der Waals surface area contributed by atoms with E-state index in [4.69, 9.17) is 0 Å². The van der Waals surface area contributed by atoms with Crippen molar-refractivity contribution in [1.82, 2.24) is 4.98 Å². The Hall–Kier alpha value is -0.650. The van der Waals surface area contributed by atoms with Crippen molar-refractivity contribution in [2.45, 2.75) is 32.1 Å². The van der Waals surface area contributed by atoms with Gasteiger partial charge in [0.1, 0.15) is 5.82 Å². The highest BCUT2D eigenvalue weighted by Crippen LogP contribution is 2.27. The largest absolute Gasteiger partial charge is 0.311 e. The Balaban J connectivity index is 1.84. The summed E-state index contributed by atoms with van der Waals surface area (Å²) in [6.07, 6.45) is 7.36. The Morgan fingerprint density at radius 1 is 1.44 bits per heavy atom. The lowest BCUT2D eigenvalue weighted by Crippen LogP contribution is -2.15. The van der Waals surface area contributed by atoms with Crippen LogP contribution in [0.1, 0.15) is 32.1 Å². The molecule has 1 aliphatic rings. The number of nitrogens with zero attached hydrogens (tertiary/aromatic N) is 1. The molecule has 1 saturated carbocycles. The van der Waals surface area contributed by atoms with E-state index in [1.54, 1.807) is 6.20 Å². The van der Waals surface area contributed by atoms with Gasteiger partial charge in [0, 0.05) is 16.2 Å². The van der Waals surface area contributed by atoms with Gasteiger partial charge in [0.2, 0.25) is 5.91 Å². The van der Waals surface area contributed by atoms with E-state index in [0.29, 0.717) is 18.2 Å². The van der Waals surface area contributed by atoms with E-state index >= 15 is 0 Å². The molecule has 86 valence electrons. The predicted octanol–water partition coefficient (Wildman–Crippen LogP) is 3.21. The Morgan fingerprint density at radius 2 is 2.19 bits per heavy atom. The number of hydrogen-bond donors (Lipinski definition) is 1. The molecule has 4 heteroatoms. The summed E-state index contributed by atoms with van der Waals surface area (Å²) in [6.45, 7) is 0. The number of anilines is 1. The fourth-order valence-corrected chi connectivity index (χ4v) is 2.44. The van der Waals surface area contributed by atoms with Crippen LogP contribution in [0, 0.1) is 9.49 Å². The van der Waals surface area contributed by atoms with Crippen molar-refractivity contribution in [2.24, 2.45) is 5.92 Å². The molecule has 0 saturated heterocycles. The highest BCUT2D eigenvalue weighted by atomic mass is 127. The summed E-state index contributed by atoms with van der Waals surface area (Å²) < 4.78 is 1.08. The molecule has 3 nitrogen and oxygen atoms in total. The third kappa shape index (κ3) is 3.43. The number of hydrogen-bond acceptors (Lipinski definition) is 2. The number of pyridine rings is 1. The molecule has 0 aromatic carbocycles. The molecule has 1 aliphatic carbocycles. The van der Waals surface area contributed by atoms with Crippen LogP contribution in [0.25, 0.3) is 0 Å². The average molecular weight is 330 g/mol. The molecule has 1 heterocycles. The van der Waals surface area contributed by atoms with Crippen LogP contribution in [-0.4, -0.2) is 10.9 Å². The van der Waals surface area contributed by atoms with Gasteiger partial charge < -0.3 is 5.32 Å². The van der Waals surface area contributed by atoms with E-state index in [-0.39, 0.29) is 5.91 Å². The summed E-state index contributed by atoms with van der Waals surface area (Å²) in [7, 11) is 0. The number of rotatable bonds is 3. The number of nitrogens with one attached hydrogen (secondary N) is 1. The Labute approximate surface area is 109 Å². The van der Waals surface area contributed by atoms with E-state index in [1.807, 2.05) is 12.1 Å². The lowest BCUT2D eigenvalue weighted by Gasteiger charge is -2.08. The first-order chi connectivity index (χ1) is 7.74. The molecular formula is C12H15IN2O. The first-order valence-corrected chi connectivity index (χ1v) is 6.73. The molecule has 16 heavy (non-hydrogen) atoms. The number of carbonyl (C=O) groups excluding carboxylic acids is 1. The van der Waals surface area contributed by atoms with Crippen molar-refractivity contribution in [3.63, 3.8) is 0 Å². The molecular weight excluding hydrogens is 315 g/mol. The van der Waals surface area contributed by atoms with Gasteiger partial charge >= 0.3 is 0 Å². The third-order valence-electron chi connectivity index (χ3n) is 2.94. The molecule has 0 unspecified atom stereocenters. The molecule has 1 N–H and O–H groups in total. The maximum Gasteiger partial charge on any atom is 0.225 e. The van der Waals surface area contributed by atoms with Gasteiger partial charge in [0.05, 0.1) is 0 Å². The maximum absolute atomic E-state index is 11.7. The lowest BCUT2D eigenvalue weighted by molar-refractivity contribution is -0.117. The average Bonchev–Trinajstić information content (AvgIpc) is 2.74. The van der Waals surface area contributed by atoms with Crippen molar-refractivity contribution in [1.29, 1.82) is 0 Å². The SMILES string of the molecule is O=C(CC1CCCC1)Nc1ccc(I)cn1. The third-order valence-corrected chi connectivity index (χ3v) is 3.58. The number of halogens is 1. The molecule has 0 spiro atoms. The molecule has 1 amide bonds. The van der Waals surface area contributed by atoms with Gasteiger partial charge in [-0.1, -0.05) is 12.8 Å². The van der Waals surface area contributed by atoms with Crippen LogP contribution < -0.4 is 5.32 Å². The molecule has 1 aromatic rings. The minimum Gasteiger partial charge on any atom is -0.311 e. The van der Waals surface area contributed by atoms with Crippen molar-refractivity contribution in [3.8, 4) is 0 Å². The summed E-state index contributed by atoms with van der Waals surface area (Å²) in [5, 5.41) is 2.84. The van der Waals surface area contributed by atoms with Crippen LogP contribution in [0.15, 0.2) is 18.3 Å². The number of carbonyl (C=O) groups is 1. The van der Waals surface area contributed by atoms with Gasteiger partial charge in [-0.25, -0.2) is 4.98 Å². The first-order valence-electron chi connectivity index (χ1n) is 5.65. The smallest absolute Gasteiger partial charge is 0.225 e. The highest BCUT2D eigenvalue weighted by Gasteiger charge is 2.18. The summed E-state index contributed by atoms with van der Waals surface area (Å²) in [5.41, 5.74) is 0. The zero-order chi connectivity index (χ0) is 11.4. The highest BCUT2D eigenvalue weighted by molar-refractivity contribution is 14.1. The summed E-state index contributed by atoms with van der Waals surface area (Å²) in [6, 6.07) is 3.78.